The summed E-state index contributed by atoms with van der Waals surface area (Å²) in [6.45, 7) is 6.77. The Morgan fingerprint density at radius 2 is 1.43 bits per heavy atom. The molecule has 3 fully saturated rings. The van der Waals surface area contributed by atoms with Gasteiger partial charge in [-0.15, -0.1) is 0 Å². The second-order valence-corrected chi connectivity index (χ2v) is 15.3. The molecule has 3 aromatic heterocycles. The highest BCUT2D eigenvalue weighted by atomic mass is 16.5. The van der Waals surface area contributed by atoms with E-state index in [1.165, 1.54) is 7.11 Å². The molecule has 0 radical (unpaired) electrons. The van der Waals surface area contributed by atoms with Gasteiger partial charge in [0.05, 0.1) is 49.4 Å². The molecule has 4 heterocycles. The highest BCUT2D eigenvalue weighted by Crippen LogP contribution is 2.62. The average Bonchev–Trinajstić information content (AvgIpc) is 4.01. The third-order valence-corrected chi connectivity index (χ3v) is 11.7. The van der Waals surface area contributed by atoms with Crippen LogP contribution in [0.4, 0.5) is 4.79 Å². The fourth-order valence-corrected chi connectivity index (χ4v) is 8.59. The van der Waals surface area contributed by atoms with E-state index in [4.69, 9.17) is 9.72 Å². The van der Waals surface area contributed by atoms with Crippen LogP contribution in [-0.2, 0) is 20.9 Å². The van der Waals surface area contributed by atoms with E-state index in [1.54, 1.807) is 6.20 Å². The Hall–Kier alpha value is -5.72. The van der Waals surface area contributed by atoms with Crippen LogP contribution in [0.25, 0.3) is 33.6 Å². The zero-order valence-electron chi connectivity index (χ0n) is 31.1. The fourth-order valence-electron chi connectivity index (χ4n) is 8.59. The molecule has 5 aromatic rings. The molecule has 13 heteroatoms. The van der Waals surface area contributed by atoms with Gasteiger partial charge in [0.15, 0.2) is 0 Å². The summed E-state index contributed by atoms with van der Waals surface area (Å²) in [5.41, 5.74) is 7.01. The number of H-pyrrole nitrogens is 3. The van der Waals surface area contributed by atoms with Crippen LogP contribution < -0.4 is 10.6 Å². The van der Waals surface area contributed by atoms with Crippen LogP contribution in [0, 0.1) is 30.6 Å². The smallest absolute Gasteiger partial charge is 0.407 e. The van der Waals surface area contributed by atoms with Crippen LogP contribution in [0.5, 0.6) is 0 Å². The SMILES string of the molecule is COC(=O)N[C@H](C(=O)N1CCC[C@H]1c1ncc(-c2ccc(-c3ccc(-c4cnc([C@H]5[C@H](C(=O)NCc6ncc(C)[nH]6)C6CC[C@@H]65)[nH]4)cc3)cc2)[nH]1)C(C)C. The normalized spacial score (nSPS) is 22.2. The molecular weight excluding hydrogens is 683 g/mol. The number of imidazole rings is 3. The van der Waals surface area contributed by atoms with Crippen LogP contribution in [0.15, 0.2) is 67.1 Å². The lowest BCUT2D eigenvalue weighted by Crippen LogP contribution is -2.57. The summed E-state index contributed by atoms with van der Waals surface area (Å²) < 4.78 is 4.76. The van der Waals surface area contributed by atoms with Crippen molar-refractivity contribution in [2.45, 2.75) is 71.0 Å². The lowest BCUT2D eigenvalue weighted by molar-refractivity contribution is -0.145. The second-order valence-electron chi connectivity index (χ2n) is 15.3. The monoisotopic (exact) mass is 729 g/mol. The maximum absolute atomic E-state index is 13.5. The van der Waals surface area contributed by atoms with Gasteiger partial charge < -0.3 is 35.2 Å². The average molecular weight is 730 g/mol. The fraction of sp³-hybridized carbons (Fsp3) is 0.415. The minimum Gasteiger partial charge on any atom is -0.453 e. The maximum Gasteiger partial charge on any atom is 0.407 e. The van der Waals surface area contributed by atoms with Crippen molar-refractivity contribution in [3.63, 3.8) is 0 Å². The van der Waals surface area contributed by atoms with Crippen molar-refractivity contribution >= 4 is 17.9 Å². The molecule has 280 valence electrons. The second kappa shape index (κ2) is 14.6. The predicted octanol–water partition coefficient (Wildman–Crippen LogP) is 6.27. The number of hydrogen-bond acceptors (Lipinski definition) is 7. The molecule has 2 aromatic carbocycles. The number of carbonyl (C=O) groups excluding carboxylic acids is 3. The van der Waals surface area contributed by atoms with E-state index >= 15 is 0 Å². The number of methoxy groups -OCH3 is 1. The molecule has 3 aliphatic rings. The van der Waals surface area contributed by atoms with Crippen LogP contribution in [0.2, 0.25) is 0 Å². The number of benzene rings is 2. The zero-order valence-corrected chi connectivity index (χ0v) is 31.1. The minimum absolute atomic E-state index is 0.0709. The quantitative estimate of drug-likeness (QED) is 0.107. The lowest BCUT2D eigenvalue weighted by Gasteiger charge is -2.57. The predicted molar refractivity (Wildman–Crippen MR) is 203 cm³/mol. The molecule has 13 nitrogen and oxygen atoms in total. The number of nitrogens with one attached hydrogen (secondary N) is 5. The first-order valence-electron chi connectivity index (χ1n) is 18.9. The van der Waals surface area contributed by atoms with E-state index < -0.39 is 12.1 Å². The highest BCUT2D eigenvalue weighted by Gasteiger charge is 2.59. The number of rotatable bonds is 11. The van der Waals surface area contributed by atoms with Crippen molar-refractivity contribution in [3.05, 3.63) is 90.3 Å². The summed E-state index contributed by atoms with van der Waals surface area (Å²) in [5.74, 6) is 3.22. The van der Waals surface area contributed by atoms with Gasteiger partial charge in [0.25, 0.3) is 0 Å². The van der Waals surface area contributed by atoms with Crippen LogP contribution >= 0.6 is 0 Å². The number of carbonyl (C=O) groups is 3. The maximum atomic E-state index is 13.5. The number of aromatic nitrogens is 6. The summed E-state index contributed by atoms with van der Waals surface area (Å²) in [4.78, 5) is 64.5. The Morgan fingerprint density at radius 1 is 0.815 bits per heavy atom. The Bertz CT molecular complexity index is 2130. The molecule has 3 amide bonds. The van der Waals surface area contributed by atoms with Crippen molar-refractivity contribution in [1.82, 2.24) is 45.4 Å². The number of hydrogen-bond donors (Lipinski definition) is 5. The van der Waals surface area contributed by atoms with E-state index in [0.717, 1.165) is 82.5 Å². The van der Waals surface area contributed by atoms with Gasteiger partial charge in [0, 0.05) is 24.4 Å². The molecule has 1 saturated heterocycles. The molecule has 5 N–H and O–H groups in total. The van der Waals surface area contributed by atoms with Crippen LogP contribution in [0.3, 0.4) is 0 Å². The van der Waals surface area contributed by atoms with E-state index in [9.17, 15) is 14.4 Å². The molecule has 6 atom stereocenters. The molecule has 2 aliphatic carbocycles. The van der Waals surface area contributed by atoms with Gasteiger partial charge in [0.2, 0.25) is 11.8 Å². The number of nitrogens with zero attached hydrogens (tertiary/aromatic N) is 4. The zero-order chi connectivity index (χ0) is 37.5. The Kier molecular flexibility index (Phi) is 9.55. The molecule has 0 bridgehead atoms. The number of amides is 3. The van der Waals surface area contributed by atoms with E-state index in [2.05, 4.69) is 84.1 Å². The number of aromatic amines is 3. The lowest BCUT2D eigenvalue weighted by atomic mass is 9.46. The van der Waals surface area contributed by atoms with Crippen molar-refractivity contribution < 1.29 is 19.1 Å². The molecule has 0 spiro atoms. The molecular formula is C41H47N9O4. The largest absolute Gasteiger partial charge is 0.453 e. The first kappa shape index (κ1) is 35.3. The summed E-state index contributed by atoms with van der Waals surface area (Å²) in [7, 11) is 1.30. The Balaban J connectivity index is 0.907. The summed E-state index contributed by atoms with van der Waals surface area (Å²) in [6.07, 6.45) is 8.74. The number of ether oxygens (including phenoxy) is 1. The Labute approximate surface area is 314 Å². The van der Waals surface area contributed by atoms with Crippen molar-refractivity contribution in [3.8, 4) is 33.6 Å². The summed E-state index contributed by atoms with van der Waals surface area (Å²) >= 11 is 0. The highest BCUT2D eigenvalue weighted by molar-refractivity contribution is 5.86. The molecule has 8 rings (SSSR count). The Morgan fingerprint density at radius 3 is 2.00 bits per heavy atom. The number of likely N-dealkylation sites (tertiary alicyclic amines) is 1. The van der Waals surface area contributed by atoms with Gasteiger partial charge in [-0.05, 0) is 72.6 Å². The van der Waals surface area contributed by atoms with E-state index in [-0.39, 0.29) is 35.6 Å². The van der Waals surface area contributed by atoms with Crippen LogP contribution in [-0.4, -0.2) is 72.4 Å². The molecule has 54 heavy (non-hydrogen) atoms. The number of alkyl carbamates (subject to hydrolysis) is 1. The van der Waals surface area contributed by atoms with E-state index in [1.807, 2.05) is 38.1 Å². The third kappa shape index (κ3) is 6.67. The standard InChI is InChI=1S/C41H47N9O4/c1-22(2)36(49-41(53)54-4)40(52)50-17-5-6-32(50)37-43-19-30(47-37)26-11-7-24(8-12-26)25-9-13-27(14-10-25)31-20-44-38(48-31)34-28-15-16-29(28)35(34)39(51)45-21-33-42-18-23(3)46-33/h7-14,18-20,22,28-29,32,34-36H,5-6,15-17,21H2,1-4H3,(H,42,46)(H,43,47)(H,44,48)(H,45,51)(H,49,53)/t28-,29?,32-,34+,35+,36-/m0/s1. The molecule has 1 aliphatic heterocycles. The number of aryl methyl sites for hydroxylation is 1. The summed E-state index contributed by atoms with van der Waals surface area (Å²) in [6, 6.07) is 15.9. The van der Waals surface area contributed by atoms with Gasteiger partial charge in [-0.25, -0.2) is 19.7 Å². The van der Waals surface area contributed by atoms with Crippen LogP contribution in [0.1, 0.15) is 74.7 Å². The van der Waals surface area contributed by atoms with Crippen molar-refractivity contribution in [2.75, 3.05) is 13.7 Å². The topological polar surface area (TPSA) is 174 Å². The minimum atomic E-state index is -0.676. The third-order valence-electron chi connectivity index (χ3n) is 11.7. The first-order valence-corrected chi connectivity index (χ1v) is 18.9. The van der Waals surface area contributed by atoms with Gasteiger partial charge >= 0.3 is 6.09 Å². The summed E-state index contributed by atoms with van der Waals surface area (Å²) in [5, 5.41) is 5.80. The van der Waals surface area contributed by atoms with Gasteiger partial charge in [-0.1, -0.05) is 62.4 Å². The number of fused-ring (bicyclic) bond motifs is 1. The van der Waals surface area contributed by atoms with Crippen molar-refractivity contribution in [2.24, 2.45) is 23.7 Å². The van der Waals surface area contributed by atoms with Gasteiger partial charge in [-0.3, -0.25) is 9.59 Å². The van der Waals surface area contributed by atoms with E-state index in [0.29, 0.717) is 24.9 Å². The molecule has 1 unspecified atom stereocenters. The van der Waals surface area contributed by atoms with Crippen molar-refractivity contribution in [1.29, 1.82) is 0 Å². The molecule has 2 saturated carbocycles. The van der Waals surface area contributed by atoms with Gasteiger partial charge in [-0.2, -0.15) is 0 Å². The first-order chi connectivity index (χ1) is 26.2. The van der Waals surface area contributed by atoms with Gasteiger partial charge in [0.1, 0.15) is 23.5 Å².